The number of carbonyl (C=O) groups excluding carboxylic acids is 2. The van der Waals surface area contributed by atoms with Crippen LogP contribution in [-0.4, -0.2) is 34.3 Å². The van der Waals surface area contributed by atoms with Gasteiger partial charge in [0.05, 0.1) is 23.7 Å². The third-order valence-electron chi connectivity index (χ3n) is 3.96. The number of fused-ring (bicyclic) bond motifs is 1. The van der Waals surface area contributed by atoms with Gasteiger partial charge in [-0.15, -0.1) is 0 Å². The van der Waals surface area contributed by atoms with Gasteiger partial charge >= 0.3 is 12.1 Å². The lowest BCUT2D eigenvalue weighted by molar-refractivity contribution is 0.0542. The number of hydrogen-bond acceptors (Lipinski definition) is 5. The predicted octanol–water partition coefficient (Wildman–Crippen LogP) is 4.58. The second-order valence-corrected chi connectivity index (χ2v) is 7.28. The summed E-state index contributed by atoms with van der Waals surface area (Å²) >= 11 is 0. The summed E-state index contributed by atoms with van der Waals surface area (Å²) in [5, 5.41) is 0. The van der Waals surface area contributed by atoms with Crippen molar-refractivity contribution < 1.29 is 19.1 Å². The van der Waals surface area contributed by atoms with Gasteiger partial charge in [-0.05, 0) is 51.5 Å². The average Bonchev–Trinajstić information content (AvgIpc) is 2.98. The highest BCUT2D eigenvalue weighted by Gasteiger charge is 2.26. The van der Waals surface area contributed by atoms with E-state index in [-0.39, 0.29) is 0 Å². The molecule has 6 nitrogen and oxygen atoms in total. The van der Waals surface area contributed by atoms with Crippen molar-refractivity contribution in [3.05, 3.63) is 53.6 Å². The summed E-state index contributed by atoms with van der Waals surface area (Å²) in [4.78, 5) is 29.8. The Morgan fingerprint density at radius 1 is 1.07 bits per heavy atom. The number of aryl methyl sites for hydroxylation is 1. The molecule has 0 fully saturated rings. The molecule has 140 valence electrons. The molecule has 0 spiro atoms. The van der Waals surface area contributed by atoms with Crippen LogP contribution in [0, 0.1) is 6.92 Å². The van der Waals surface area contributed by atoms with E-state index in [0.717, 1.165) is 5.56 Å². The van der Waals surface area contributed by atoms with Crippen LogP contribution in [0.3, 0.4) is 0 Å². The monoisotopic (exact) mass is 366 g/mol. The quantitative estimate of drug-likeness (QED) is 0.621. The first kappa shape index (κ1) is 18.6. The van der Waals surface area contributed by atoms with Crippen LogP contribution in [0.15, 0.2) is 42.5 Å². The van der Waals surface area contributed by atoms with Gasteiger partial charge in [-0.1, -0.05) is 24.3 Å². The van der Waals surface area contributed by atoms with E-state index in [1.165, 1.54) is 11.7 Å². The number of imidazole rings is 1. The summed E-state index contributed by atoms with van der Waals surface area (Å²) in [6.07, 6.45) is -0.552. The summed E-state index contributed by atoms with van der Waals surface area (Å²) in [6, 6.07) is 12.5. The number of methoxy groups -OCH3 is 1. The van der Waals surface area contributed by atoms with Crippen LogP contribution >= 0.6 is 0 Å². The summed E-state index contributed by atoms with van der Waals surface area (Å²) in [7, 11) is 1.32. The fourth-order valence-corrected chi connectivity index (χ4v) is 2.83. The number of hydrogen-bond donors (Lipinski definition) is 0. The molecule has 0 radical (unpaired) electrons. The normalized spacial score (nSPS) is 11.4. The molecule has 0 aliphatic carbocycles. The zero-order valence-corrected chi connectivity index (χ0v) is 16.1. The highest BCUT2D eigenvalue weighted by atomic mass is 16.6. The van der Waals surface area contributed by atoms with Crippen molar-refractivity contribution in [2.24, 2.45) is 0 Å². The van der Waals surface area contributed by atoms with Crippen molar-refractivity contribution in [2.45, 2.75) is 33.3 Å². The Kier molecular flexibility index (Phi) is 4.74. The molecule has 1 heterocycles. The Labute approximate surface area is 157 Å². The van der Waals surface area contributed by atoms with E-state index in [4.69, 9.17) is 9.47 Å². The molecule has 3 aromatic rings. The molecule has 2 aromatic carbocycles. The Hall–Kier alpha value is -3.15. The third-order valence-corrected chi connectivity index (χ3v) is 3.96. The van der Waals surface area contributed by atoms with Gasteiger partial charge in [0.25, 0.3) is 0 Å². The molecule has 3 rings (SSSR count). The maximum Gasteiger partial charge on any atom is 0.420 e. The van der Waals surface area contributed by atoms with E-state index >= 15 is 0 Å². The van der Waals surface area contributed by atoms with E-state index in [2.05, 4.69) is 4.98 Å². The minimum atomic E-state index is -0.669. The summed E-state index contributed by atoms with van der Waals surface area (Å²) in [5.41, 5.74) is 2.45. The highest BCUT2D eigenvalue weighted by Crippen LogP contribution is 2.29. The fourth-order valence-electron chi connectivity index (χ4n) is 2.83. The predicted molar refractivity (Wildman–Crippen MR) is 103 cm³/mol. The molecular weight excluding hydrogens is 344 g/mol. The molecule has 0 atom stereocenters. The van der Waals surface area contributed by atoms with Gasteiger partial charge in [0, 0.05) is 5.56 Å². The van der Waals surface area contributed by atoms with Gasteiger partial charge in [-0.3, -0.25) is 0 Å². The van der Waals surface area contributed by atoms with Crippen molar-refractivity contribution in [3.8, 4) is 11.4 Å². The van der Waals surface area contributed by atoms with E-state index in [9.17, 15) is 9.59 Å². The molecule has 0 unspecified atom stereocenters. The lowest BCUT2D eigenvalue weighted by Gasteiger charge is -2.20. The first-order valence-electron chi connectivity index (χ1n) is 8.61. The number of aromatic nitrogens is 2. The summed E-state index contributed by atoms with van der Waals surface area (Å²) in [6.45, 7) is 7.36. The summed E-state index contributed by atoms with van der Waals surface area (Å²) < 4.78 is 11.9. The molecule has 0 amide bonds. The second-order valence-electron chi connectivity index (χ2n) is 7.28. The van der Waals surface area contributed by atoms with E-state index in [1.807, 2.05) is 25.1 Å². The molecule has 27 heavy (non-hydrogen) atoms. The van der Waals surface area contributed by atoms with Crippen LogP contribution in [-0.2, 0) is 9.47 Å². The third kappa shape index (κ3) is 3.69. The Morgan fingerprint density at radius 2 is 1.78 bits per heavy atom. The molecule has 0 saturated heterocycles. The van der Waals surface area contributed by atoms with E-state index < -0.39 is 17.7 Å². The topological polar surface area (TPSA) is 70.4 Å². The van der Waals surface area contributed by atoms with Crippen molar-refractivity contribution in [1.82, 2.24) is 9.55 Å². The SMILES string of the molecule is COC(=O)c1ccccc1-c1nc2cc(C)ccc2n1C(=O)OC(C)(C)C. The van der Waals surface area contributed by atoms with Crippen molar-refractivity contribution in [1.29, 1.82) is 0 Å². The summed E-state index contributed by atoms with van der Waals surface area (Å²) in [5.74, 6) is -0.157. The van der Waals surface area contributed by atoms with E-state index in [1.54, 1.807) is 45.0 Å². The largest absolute Gasteiger partial charge is 0.465 e. The van der Waals surface area contributed by atoms with Gasteiger partial charge in [-0.2, -0.15) is 0 Å². The maximum atomic E-state index is 12.9. The minimum absolute atomic E-state index is 0.330. The molecule has 0 N–H and O–H groups in total. The zero-order chi connectivity index (χ0) is 19.8. The number of esters is 1. The number of benzene rings is 2. The molecule has 0 saturated carbocycles. The average molecular weight is 366 g/mol. The van der Waals surface area contributed by atoms with Gasteiger partial charge in [0.15, 0.2) is 5.82 Å². The molecule has 0 aliphatic heterocycles. The minimum Gasteiger partial charge on any atom is -0.465 e. The van der Waals surface area contributed by atoms with Gasteiger partial charge < -0.3 is 9.47 Å². The van der Waals surface area contributed by atoms with Gasteiger partial charge in [-0.25, -0.2) is 19.1 Å². The molecular formula is C21H22N2O4. The smallest absolute Gasteiger partial charge is 0.420 e. The fraction of sp³-hybridized carbons (Fsp3) is 0.286. The number of rotatable bonds is 2. The lowest BCUT2D eigenvalue weighted by Crippen LogP contribution is -2.27. The van der Waals surface area contributed by atoms with Crippen LogP contribution in [0.5, 0.6) is 0 Å². The first-order valence-corrected chi connectivity index (χ1v) is 8.61. The van der Waals surface area contributed by atoms with Gasteiger partial charge in [0.1, 0.15) is 5.60 Å². The Bertz CT molecular complexity index is 1030. The Balaban J connectivity index is 2.29. The molecule has 1 aromatic heterocycles. The van der Waals surface area contributed by atoms with Crippen molar-refractivity contribution >= 4 is 23.1 Å². The van der Waals surface area contributed by atoms with Crippen molar-refractivity contribution in [3.63, 3.8) is 0 Å². The maximum absolute atomic E-state index is 12.9. The highest BCUT2D eigenvalue weighted by molar-refractivity contribution is 5.99. The standard InChI is InChI=1S/C21H22N2O4/c1-13-10-11-17-16(12-13)22-18(23(17)20(25)27-21(2,3)4)14-8-6-7-9-15(14)19(24)26-5/h6-12H,1-5H3. The van der Waals surface area contributed by atoms with Gasteiger partial charge in [0.2, 0.25) is 0 Å². The number of nitrogens with zero attached hydrogens (tertiary/aromatic N) is 2. The number of carbonyl (C=O) groups is 2. The number of ether oxygens (including phenoxy) is 2. The Morgan fingerprint density at radius 3 is 2.44 bits per heavy atom. The molecule has 0 bridgehead atoms. The molecule has 6 heteroatoms. The second kappa shape index (κ2) is 6.87. The first-order chi connectivity index (χ1) is 12.7. The van der Waals surface area contributed by atoms with Crippen molar-refractivity contribution in [2.75, 3.05) is 7.11 Å². The molecule has 0 aliphatic rings. The van der Waals surface area contributed by atoms with Crippen LogP contribution in [0.4, 0.5) is 4.79 Å². The van der Waals surface area contributed by atoms with Crippen LogP contribution < -0.4 is 0 Å². The van der Waals surface area contributed by atoms with Crippen LogP contribution in [0.2, 0.25) is 0 Å². The lowest BCUT2D eigenvalue weighted by atomic mass is 10.1. The zero-order valence-electron chi connectivity index (χ0n) is 16.1. The van der Waals surface area contributed by atoms with E-state index in [0.29, 0.717) is 28.0 Å². The van der Waals surface area contributed by atoms with Crippen LogP contribution in [0.25, 0.3) is 22.4 Å². The van der Waals surface area contributed by atoms with Crippen LogP contribution in [0.1, 0.15) is 36.7 Å².